The van der Waals surface area contributed by atoms with Gasteiger partial charge in [0.2, 0.25) is 0 Å². The highest BCUT2D eigenvalue weighted by molar-refractivity contribution is 7.90. The molecular weight excluding hydrogens is 428 g/mol. The second-order valence-electron chi connectivity index (χ2n) is 7.71. The summed E-state index contributed by atoms with van der Waals surface area (Å²) in [5.74, 6) is -0.190. The number of sulfonamides is 1. The van der Waals surface area contributed by atoms with E-state index in [0.29, 0.717) is 29.2 Å². The number of nitrogens with one attached hydrogen (secondary N) is 1. The van der Waals surface area contributed by atoms with Crippen LogP contribution in [0.2, 0.25) is 0 Å². The lowest BCUT2D eigenvalue weighted by atomic mass is 10.1. The van der Waals surface area contributed by atoms with Gasteiger partial charge in [0.05, 0.1) is 11.3 Å². The van der Waals surface area contributed by atoms with Gasteiger partial charge in [-0.05, 0) is 54.5 Å². The molecule has 2 aromatic carbocycles. The zero-order chi connectivity index (χ0) is 22.3. The third-order valence-corrected chi connectivity index (χ3v) is 6.77. The zero-order valence-corrected chi connectivity index (χ0v) is 17.9. The fourth-order valence-electron chi connectivity index (χ4n) is 3.94. The Morgan fingerprint density at radius 3 is 2.56 bits per heavy atom. The number of amidine groups is 1. The lowest BCUT2D eigenvalue weighted by molar-refractivity contribution is -0.112. The van der Waals surface area contributed by atoms with Crippen molar-refractivity contribution in [1.29, 1.82) is 0 Å². The van der Waals surface area contributed by atoms with Crippen molar-refractivity contribution in [3.8, 4) is 0 Å². The Hall–Kier alpha value is -3.72. The minimum atomic E-state index is -3.44. The molecule has 2 amide bonds. The van der Waals surface area contributed by atoms with Crippen LogP contribution in [0.4, 0.5) is 11.4 Å². The first-order valence-electron chi connectivity index (χ1n) is 10.2. The molecule has 0 unspecified atom stereocenters. The maximum atomic E-state index is 12.9. The number of benzene rings is 2. The Balaban J connectivity index is 1.27. The average molecular weight is 449 g/mol. The lowest BCUT2D eigenvalue weighted by Gasteiger charge is -2.26. The molecule has 2 aromatic rings. The van der Waals surface area contributed by atoms with Crippen LogP contribution in [0.15, 0.2) is 76.9 Å². The van der Waals surface area contributed by atoms with E-state index in [9.17, 15) is 18.0 Å². The molecule has 0 spiro atoms. The van der Waals surface area contributed by atoms with Crippen molar-refractivity contribution < 1.29 is 18.0 Å². The monoisotopic (exact) mass is 448 g/mol. The maximum Gasteiger partial charge on any atom is 0.258 e. The van der Waals surface area contributed by atoms with E-state index < -0.39 is 10.0 Å². The van der Waals surface area contributed by atoms with Crippen molar-refractivity contribution in [3.63, 3.8) is 0 Å². The number of para-hydroxylation sites is 1. The fourth-order valence-corrected chi connectivity index (χ4v) is 4.91. The molecule has 0 saturated heterocycles. The van der Waals surface area contributed by atoms with Gasteiger partial charge in [-0.15, -0.1) is 4.40 Å². The molecule has 9 heteroatoms. The molecule has 0 radical (unpaired) electrons. The highest BCUT2D eigenvalue weighted by Gasteiger charge is 2.26. The second-order valence-corrected chi connectivity index (χ2v) is 9.47. The number of hydrogen-bond donors (Lipinski definition) is 1. The minimum absolute atomic E-state index is 0.0717. The molecule has 0 aromatic heterocycles. The number of nitrogens with zero attached hydrogens (tertiary/aromatic N) is 3. The summed E-state index contributed by atoms with van der Waals surface area (Å²) in [7, 11) is -3.44. The quantitative estimate of drug-likeness (QED) is 0.777. The van der Waals surface area contributed by atoms with E-state index in [1.807, 2.05) is 24.3 Å². The molecule has 0 fully saturated rings. The number of amides is 2. The molecule has 3 heterocycles. The van der Waals surface area contributed by atoms with Gasteiger partial charge < -0.3 is 15.1 Å². The summed E-state index contributed by atoms with van der Waals surface area (Å²) in [6.45, 7) is 0.902. The molecule has 0 saturated carbocycles. The molecular formula is C23H20N4O4S. The third kappa shape index (κ3) is 3.82. The Morgan fingerprint density at radius 2 is 1.75 bits per heavy atom. The number of fused-ring (bicyclic) bond motifs is 2. The molecule has 32 heavy (non-hydrogen) atoms. The fraction of sp³-hybridized carbons (Fsp3) is 0.174. The molecule has 3 aliphatic rings. The van der Waals surface area contributed by atoms with Gasteiger partial charge in [0.25, 0.3) is 21.8 Å². The predicted octanol–water partition coefficient (Wildman–Crippen LogP) is 2.33. The molecule has 1 N–H and O–H groups in total. The van der Waals surface area contributed by atoms with E-state index in [0.717, 1.165) is 17.7 Å². The van der Waals surface area contributed by atoms with Crippen LogP contribution in [-0.4, -0.2) is 49.8 Å². The second kappa shape index (κ2) is 7.76. The molecule has 5 rings (SSSR count). The highest BCUT2D eigenvalue weighted by Crippen LogP contribution is 2.29. The van der Waals surface area contributed by atoms with E-state index >= 15 is 0 Å². The largest absolute Gasteiger partial charge is 0.330 e. The van der Waals surface area contributed by atoms with Gasteiger partial charge >= 0.3 is 0 Å². The van der Waals surface area contributed by atoms with Crippen LogP contribution < -0.4 is 10.2 Å². The van der Waals surface area contributed by atoms with Crippen LogP contribution in [0.5, 0.6) is 0 Å². The van der Waals surface area contributed by atoms with Crippen molar-refractivity contribution in [3.05, 3.63) is 83.6 Å². The number of carbonyl (C=O) groups excluding carboxylic acids is 2. The van der Waals surface area contributed by atoms with Crippen LogP contribution in [0.1, 0.15) is 15.9 Å². The van der Waals surface area contributed by atoms with E-state index in [4.69, 9.17) is 0 Å². The zero-order valence-electron chi connectivity index (χ0n) is 17.1. The van der Waals surface area contributed by atoms with Crippen molar-refractivity contribution >= 4 is 39.0 Å². The Kier molecular flexibility index (Phi) is 4.90. The molecule has 0 aliphatic carbocycles. The molecule has 162 valence electrons. The van der Waals surface area contributed by atoms with Gasteiger partial charge in [0.1, 0.15) is 5.84 Å². The number of carbonyl (C=O) groups is 2. The Labute approximate surface area is 185 Å². The van der Waals surface area contributed by atoms with Gasteiger partial charge in [-0.25, -0.2) is 8.42 Å². The average Bonchev–Trinajstić information content (AvgIpc) is 3.22. The van der Waals surface area contributed by atoms with E-state index in [1.165, 1.54) is 12.2 Å². The SMILES string of the molecule is O=C(Nc1ccc(C(=O)N2CCc3ccccc32)cc1)C1=CN2CCS(=O)(=O)N=C2C=C1. The summed E-state index contributed by atoms with van der Waals surface area (Å²) in [6, 6.07) is 14.7. The van der Waals surface area contributed by atoms with Crippen molar-refractivity contribution in [2.45, 2.75) is 6.42 Å². The summed E-state index contributed by atoms with van der Waals surface area (Å²) < 4.78 is 26.9. The van der Waals surface area contributed by atoms with Crippen molar-refractivity contribution in [1.82, 2.24) is 4.90 Å². The minimum Gasteiger partial charge on any atom is -0.330 e. The summed E-state index contributed by atoms with van der Waals surface area (Å²) in [5, 5.41) is 2.81. The Bertz CT molecular complexity index is 1310. The van der Waals surface area contributed by atoms with E-state index in [1.54, 1.807) is 40.3 Å². The Morgan fingerprint density at radius 1 is 0.969 bits per heavy atom. The summed E-state index contributed by atoms with van der Waals surface area (Å²) in [4.78, 5) is 29.0. The van der Waals surface area contributed by atoms with Gasteiger partial charge in [0.15, 0.2) is 0 Å². The maximum absolute atomic E-state index is 12.9. The van der Waals surface area contributed by atoms with Crippen molar-refractivity contribution in [2.24, 2.45) is 4.40 Å². The third-order valence-electron chi connectivity index (χ3n) is 5.61. The van der Waals surface area contributed by atoms with Crippen LogP contribution in [0.25, 0.3) is 0 Å². The number of anilines is 2. The summed E-state index contributed by atoms with van der Waals surface area (Å²) >= 11 is 0. The van der Waals surface area contributed by atoms with Crippen LogP contribution in [0.3, 0.4) is 0 Å². The normalized spacial score (nSPS) is 18.4. The summed E-state index contributed by atoms with van der Waals surface area (Å²) in [5.41, 5.74) is 3.60. The first kappa shape index (κ1) is 20.2. The smallest absolute Gasteiger partial charge is 0.258 e. The number of rotatable bonds is 3. The molecule has 3 aliphatic heterocycles. The number of hydrogen-bond acceptors (Lipinski definition) is 5. The topological polar surface area (TPSA) is 99.1 Å². The van der Waals surface area contributed by atoms with Gasteiger partial charge in [-0.1, -0.05) is 18.2 Å². The van der Waals surface area contributed by atoms with E-state index in [2.05, 4.69) is 9.71 Å². The predicted molar refractivity (Wildman–Crippen MR) is 122 cm³/mol. The first-order valence-corrected chi connectivity index (χ1v) is 11.8. The first-order chi connectivity index (χ1) is 15.4. The molecule has 0 atom stereocenters. The van der Waals surface area contributed by atoms with Gasteiger partial charge in [0, 0.05) is 36.2 Å². The molecule has 8 nitrogen and oxygen atoms in total. The highest BCUT2D eigenvalue weighted by atomic mass is 32.2. The summed E-state index contributed by atoms with van der Waals surface area (Å²) in [6.07, 6.45) is 5.48. The van der Waals surface area contributed by atoms with E-state index in [-0.39, 0.29) is 24.1 Å². The van der Waals surface area contributed by atoms with Crippen LogP contribution in [-0.2, 0) is 21.2 Å². The van der Waals surface area contributed by atoms with Crippen molar-refractivity contribution in [2.75, 3.05) is 29.1 Å². The van der Waals surface area contributed by atoms with Crippen LogP contribution >= 0.6 is 0 Å². The lowest BCUT2D eigenvalue weighted by Crippen LogP contribution is -2.37. The molecule has 0 bridgehead atoms. The van der Waals surface area contributed by atoms with Gasteiger partial charge in [-0.2, -0.15) is 0 Å². The standard InChI is InChI=1S/C23H20N4O4S/c28-22(18-7-10-21-25-32(30,31)14-13-26(21)15-18)24-19-8-5-17(6-9-19)23(29)27-12-11-16-3-1-2-4-20(16)27/h1-10,15H,11-14H2,(H,24,28). The van der Waals surface area contributed by atoms with Crippen LogP contribution in [0, 0.1) is 0 Å². The van der Waals surface area contributed by atoms with Gasteiger partial charge in [-0.3, -0.25) is 9.59 Å².